The highest BCUT2D eigenvalue weighted by Crippen LogP contribution is 2.19. The van der Waals surface area contributed by atoms with Gasteiger partial charge < -0.3 is 15.7 Å². The van der Waals surface area contributed by atoms with E-state index in [2.05, 4.69) is 10.6 Å². The highest BCUT2D eigenvalue weighted by Gasteiger charge is 2.24. The Bertz CT molecular complexity index is 606. The van der Waals surface area contributed by atoms with Gasteiger partial charge in [-0.25, -0.2) is 0 Å². The summed E-state index contributed by atoms with van der Waals surface area (Å²) in [6.45, 7) is 3.99. The molecule has 2 amide bonds. The van der Waals surface area contributed by atoms with Crippen molar-refractivity contribution in [3.05, 3.63) is 35.4 Å². The standard InChI is InChI=1S/C18H24N2O4/c1-11(2)9-14(18(23)24)10-19-16(21)12-3-5-13(6-4-12)17(22)20-15-7-8-15/h3-6,11,14-15H,7-10H2,1-2H3,(H,19,21)(H,20,22)(H,23,24). The summed E-state index contributed by atoms with van der Waals surface area (Å²) < 4.78 is 0. The first-order chi connectivity index (χ1) is 11.4. The quantitative estimate of drug-likeness (QED) is 0.679. The normalized spacial score (nSPS) is 15.0. The number of nitrogens with one attached hydrogen (secondary N) is 2. The monoisotopic (exact) mass is 332 g/mol. The van der Waals surface area contributed by atoms with E-state index in [0.29, 0.717) is 17.5 Å². The fourth-order valence-corrected chi connectivity index (χ4v) is 2.43. The molecular formula is C18H24N2O4. The maximum Gasteiger partial charge on any atom is 0.308 e. The fraction of sp³-hybridized carbons (Fsp3) is 0.500. The zero-order valence-corrected chi connectivity index (χ0v) is 14.0. The molecule has 1 aliphatic carbocycles. The second-order valence-electron chi connectivity index (χ2n) is 6.70. The minimum Gasteiger partial charge on any atom is -0.481 e. The lowest BCUT2D eigenvalue weighted by Crippen LogP contribution is -2.33. The third kappa shape index (κ3) is 5.37. The average Bonchev–Trinajstić information content (AvgIpc) is 3.34. The molecule has 0 bridgehead atoms. The number of aliphatic carboxylic acids is 1. The summed E-state index contributed by atoms with van der Waals surface area (Å²) >= 11 is 0. The van der Waals surface area contributed by atoms with Crippen LogP contribution in [-0.2, 0) is 4.79 Å². The summed E-state index contributed by atoms with van der Waals surface area (Å²) in [5.74, 6) is -1.73. The lowest BCUT2D eigenvalue weighted by atomic mass is 9.97. The predicted octanol–water partition coefficient (Wildman–Crippen LogP) is 2.06. The molecule has 1 aromatic carbocycles. The molecule has 1 atom stereocenters. The Morgan fingerprint density at radius 1 is 1.08 bits per heavy atom. The molecule has 1 aromatic rings. The van der Waals surface area contributed by atoms with Gasteiger partial charge in [0.1, 0.15) is 0 Å². The number of carbonyl (C=O) groups excluding carboxylic acids is 2. The van der Waals surface area contributed by atoms with Gasteiger partial charge in [-0.15, -0.1) is 0 Å². The van der Waals surface area contributed by atoms with E-state index in [1.165, 1.54) is 0 Å². The van der Waals surface area contributed by atoms with Crippen LogP contribution in [-0.4, -0.2) is 35.5 Å². The van der Waals surface area contributed by atoms with E-state index in [4.69, 9.17) is 0 Å². The van der Waals surface area contributed by atoms with Crippen molar-refractivity contribution in [1.82, 2.24) is 10.6 Å². The lowest BCUT2D eigenvalue weighted by Gasteiger charge is -2.15. The van der Waals surface area contributed by atoms with Crippen LogP contribution in [0.15, 0.2) is 24.3 Å². The topological polar surface area (TPSA) is 95.5 Å². The van der Waals surface area contributed by atoms with Gasteiger partial charge in [0.2, 0.25) is 0 Å². The first kappa shape index (κ1) is 18.0. The maximum atomic E-state index is 12.1. The molecule has 0 aliphatic heterocycles. The second-order valence-corrected chi connectivity index (χ2v) is 6.70. The largest absolute Gasteiger partial charge is 0.481 e. The highest BCUT2D eigenvalue weighted by atomic mass is 16.4. The molecule has 0 spiro atoms. The molecule has 6 nitrogen and oxygen atoms in total. The van der Waals surface area contributed by atoms with E-state index in [0.717, 1.165) is 12.8 Å². The number of hydrogen-bond donors (Lipinski definition) is 3. The number of hydrogen-bond acceptors (Lipinski definition) is 3. The Balaban J connectivity index is 1.89. The van der Waals surface area contributed by atoms with Gasteiger partial charge in [-0.2, -0.15) is 0 Å². The second kappa shape index (κ2) is 7.95. The van der Waals surface area contributed by atoms with E-state index >= 15 is 0 Å². The Labute approximate surface area is 141 Å². The van der Waals surface area contributed by atoms with Crippen LogP contribution in [0, 0.1) is 11.8 Å². The van der Waals surface area contributed by atoms with Gasteiger partial charge in [0.15, 0.2) is 0 Å². The van der Waals surface area contributed by atoms with E-state index in [1.54, 1.807) is 24.3 Å². The average molecular weight is 332 g/mol. The molecule has 3 N–H and O–H groups in total. The Hall–Kier alpha value is -2.37. The highest BCUT2D eigenvalue weighted by molar-refractivity contribution is 5.98. The molecule has 1 saturated carbocycles. The zero-order valence-electron chi connectivity index (χ0n) is 14.0. The Morgan fingerprint density at radius 3 is 2.08 bits per heavy atom. The summed E-state index contributed by atoms with van der Waals surface area (Å²) in [4.78, 5) is 35.2. The van der Waals surface area contributed by atoms with Gasteiger partial charge in [-0.05, 0) is 49.4 Å². The van der Waals surface area contributed by atoms with Crippen LogP contribution in [0.25, 0.3) is 0 Å². The van der Waals surface area contributed by atoms with Crippen LogP contribution in [0.5, 0.6) is 0 Å². The van der Waals surface area contributed by atoms with Gasteiger partial charge in [-0.3, -0.25) is 14.4 Å². The van der Waals surface area contributed by atoms with Crippen molar-refractivity contribution in [2.75, 3.05) is 6.54 Å². The van der Waals surface area contributed by atoms with Crippen molar-refractivity contribution < 1.29 is 19.5 Å². The van der Waals surface area contributed by atoms with Crippen LogP contribution in [0.4, 0.5) is 0 Å². The lowest BCUT2D eigenvalue weighted by molar-refractivity contribution is -0.142. The number of rotatable bonds is 8. The smallest absolute Gasteiger partial charge is 0.308 e. The molecule has 2 rings (SSSR count). The van der Waals surface area contributed by atoms with Crippen LogP contribution >= 0.6 is 0 Å². The van der Waals surface area contributed by atoms with Gasteiger partial charge in [0, 0.05) is 23.7 Å². The van der Waals surface area contributed by atoms with Crippen LogP contribution in [0.2, 0.25) is 0 Å². The molecule has 6 heteroatoms. The third-order valence-electron chi connectivity index (χ3n) is 3.94. The SMILES string of the molecule is CC(C)CC(CNC(=O)c1ccc(C(=O)NC2CC2)cc1)C(=O)O. The minimum atomic E-state index is -0.906. The molecule has 24 heavy (non-hydrogen) atoms. The molecular weight excluding hydrogens is 308 g/mol. The van der Waals surface area contributed by atoms with Crippen molar-refractivity contribution >= 4 is 17.8 Å². The van der Waals surface area contributed by atoms with Gasteiger partial charge in [0.05, 0.1) is 5.92 Å². The molecule has 1 aliphatic rings. The zero-order chi connectivity index (χ0) is 17.7. The van der Waals surface area contributed by atoms with Gasteiger partial charge >= 0.3 is 5.97 Å². The molecule has 0 radical (unpaired) electrons. The summed E-state index contributed by atoms with van der Waals surface area (Å²) in [5, 5.41) is 14.7. The summed E-state index contributed by atoms with van der Waals surface area (Å²) in [7, 11) is 0. The molecule has 1 unspecified atom stereocenters. The van der Waals surface area contributed by atoms with Crippen LogP contribution in [0.3, 0.4) is 0 Å². The molecule has 0 saturated heterocycles. The predicted molar refractivity (Wildman–Crippen MR) is 89.8 cm³/mol. The van der Waals surface area contributed by atoms with Crippen molar-refractivity contribution in [2.45, 2.75) is 39.2 Å². The number of carboxylic acid groups (broad SMARTS) is 1. The summed E-state index contributed by atoms with van der Waals surface area (Å²) in [6.07, 6.45) is 2.55. The third-order valence-corrected chi connectivity index (χ3v) is 3.94. The van der Waals surface area contributed by atoms with E-state index in [9.17, 15) is 19.5 Å². The van der Waals surface area contributed by atoms with Crippen molar-refractivity contribution in [1.29, 1.82) is 0 Å². The molecule has 0 aromatic heterocycles. The van der Waals surface area contributed by atoms with Gasteiger partial charge in [0.25, 0.3) is 11.8 Å². The van der Waals surface area contributed by atoms with E-state index in [1.807, 2.05) is 13.8 Å². The minimum absolute atomic E-state index is 0.0935. The van der Waals surface area contributed by atoms with Crippen molar-refractivity contribution in [3.63, 3.8) is 0 Å². The van der Waals surface area contributed by atoms with Crippen molar-refractivity contribution in [3.8, 4) is 0 Å². The Morgan fingerprint density at radius 2 is 1.62 bits per heavy atom. The number of amides is 2. The molecule has 1 fully saturated rings. The molecule has 0 heterocycles. The maximum absolute atomic E-state index is 12.1. The first-order valence-corrected chi connectivity index (χ1v) is 8.28. The number of benzene rings is 1. The fourth-order valence-electron chi connectivity index (χ4n) is 2.43. The first-order valence-electron chi connectivity index (χ1n) is 8.28. The van der Waals surface area contributed by atoms with Crippen LogP contribution < -0.4 is 10.6 Å². The van der Waals surface area contributed by atoms with E-state index < -0.39 is 11.9 Å². The van der Waals surface area contributed by atoms with Gasteiger partial charge in [-0.1, -0.05) is 13.8 Å². The Kier molecular flexibility index (Phi) is 5.95. The number of carbonyl (C=O) groups is 3. The molecule has 130 valence electrons. The van der Waals surface area contributed by atoms with Crippen LogP contribution in [0.1, 0.15) is 53.8 Å². The number of carboxylic acids is 1. The van der Waals surface area contributed by atoms with Crippen molar-refractivity contribution in [2.24, 2.45) is 11.8 Å². The summed E-state index contributed by atoms with van der Waals surface area (Å²) in [5.41, 5.74) is 0.924. The van der Waals surface area contributed by atoms with E-state index in [-0.39, 0.29) is 30.3 Å². The summed E-state index contributed by atoms with van der Waals surface area (Å²) in [6, 6.07) is 6.66.